The van der Waals surface area contributed by atoms with Crippen LogP contribution >= 0.6 is 11.3 Å². The molecule has 0 amide bonds. The molecule has 2 aromatic heterocycles. The largest absolute Gasteiger partial charge is 0.310 e. The number of nitrogens with zero attached hydrogens (tertiary/aromatic N) is 2. The molecule has 1 unspecified atom stereocenters. The highest BCUT2D eigenvalue weighted by atomic mass is 32.1. The molecule has 0 aromatic carbocycles. The van der Waals surface area contributed by atoms with Crippen molar-refractivity contribution in [1.29, 1.82) is 0 Å². The third kappa shape index (κ3) is 3.25. The van der Waals surface area contributed by atoms with Gasteiger partial charge in [0.1, 0.15) is 0 Å². The van der Waals surface area contributed by atoms with Crippen LogP contribution in [0.3, 0.4) is 0 Å². The van der Waals surface area contributed by atoms with E-state index in [1.54, 1.807) is 11.3 Å². The highest BCUT2D eigenvalue weighted by Crippen LogP contribution is 2.25. The summed E-state index contributed by atoms with van der Waals surface area (Å²) in [5.74, 6) is 0. The SMILES string of the molecule is CCCNC(Cc1ccsc1)c1c(C)nn(C)c1C. The first-order chi connectivity index (χ1) is 9.13. The van der Waals surface area contributed by atoms with Crippen molar-refractivity contribution in [3.8, 4) is 0 Å². The highest BCUT2D eigenvalue weighted by Gasteiger charge is 2.20. The first-order valence-corrected chi connectivity index (χ1v) is 7.82. The van der Waals surface area contributed by atoms with Gasteiger partial charge in [0.2, 0.25) is 0 Å². The van der Waals surface area contributed by atoms with E-state index >= 15 is 0 Å². The van der Waals surface area contributed by atoms with Crippen LogP contribution in [0.1, 0.15) is 41.9 Å². The van der Waals surface area contributed by atoms with Crippen molar-refractivity contribution in [3.63, 3.8) is 0 Å². The summed E-state index contributed by atoms with van der Waals surface area (Å²) in [6, 6.07) is 2.58. The molecule has 0 aliphatic carbocycles. The lowest BCUT2D eigenvalue weighted by Gasteiger charge is -2.19. The zero-order chi connectivity index (χ0) is 13.8. The first kappa shape index (κ1) is 14.3. The van der Waals surface area contributed by atoms with Crippen LogP contribution in [-0.2, 0) is 13.5 Å². The molecule has 1 N–H and O–H groups in total. The molecule has 0 fully saturated rings. The Morgan fingerprint density at radius 1 is 1.42 bits per heavy atom. The van der Waals surface area contributed by atoms with E-state index in [-0.39, 0.29) is 0 Å². The molecule has 4 heteroatoms. The quantitative estimate of drug-likeness (QED) is 0.877. The lowest BCUT2D eigenvalue weighted by atomic mass is 9.98. The van der Waals surface area contributed by atoms with Crippen LogP contribution in [0.15, 0.2) is 16.8 Å². The van der Waals surface area contributed by atoms with Crippen molar-refractivity contribution in [3.05, 3.63) is 39.3 Å². The molecular formula is C15H23N3S. The Bertz CT molecular complexity index is 514. The second kappa shape index (κ2) is 6.35. The second-order valence-corrected chi connectivity index (χ2v) is 5.83. The predicted octanol–water partition coefficient (Wildman–Crippen LogP) is 3.38. The number of aromatic nitrogens is 2. The number of thiophene rings is 1. The van der Waals surface area contributed by atoms with Crippen LogP contribution in [0.4, 0.5) is 0 Å². The Kier molecular flexibility index (Phi) is 4.77. The van der Waals surface area contributed by atoms with Gasteiger partial charge in [0.15, 0.2) is 0 Å². The van der Waals surface area contributed by atoms with Crippen molar-refractivity contribution in [1.82, 2.24) is 15.1 Å². The summed E-state index contributed by atoms with van der Waals surface area (Å²) in [4.78, 5) is 0. The van der Waals surface area contributed by atoms with Gasteiger partial charge < -0.3 is 5.32 Å². The van der Waals surface area contributed by atoms with Crippen LogP contribution in [0.2, 0.25) is 0 Å². The normalized spacial score (nSPS) is 12.8. The monoisotopic (exact) mass is 277 g/mol. The minimum Gasteiger partial charge on any atom is -0.310 e. The van der Waals surface area contributed by atoms with Gasteiger partial charge in [0, 0.05) is 24.3 Å². The molecule has 0 aliphatic rings. The lowest BCUT2D eigenvalue weighted by molar-refractivity contribution is 0.525. The van der Waals surface area contributed by atoms with E-state index in [1.807, 2.05) is 11.7 Å². The standard InChI is InChI=1S/C15H23N3S/c1-5-7-16-14(9-13-6-8-19-10-13)15-11(2)17-18(4)12(15)3/h6,8,10,14,16H,5,7,9H2,1-4H3. The fourth-order valence-corrected chi connectivity index (χ4v) is 3.22. The van der Waals surface area contributed by atoms with Gasteiger partial charge in [-0.3, -0.25) is 4.68 Å². The molecule has 2 aromatic rings. The maximum absolute atomic E-state index is 4.55. The van der Waals surface area contributed by atoms with E-state index < -0.39 is 0 Å². The smallest absolute Gasteiger partial charge is 0.0644 e. The van der Waals surface area contributed by atoms with Gasteiger partial charge in [-0.1, -0.05) is 6.92 Å². The second-order valence-electron chi connectivity index (χ2n) is 5.05. The zero-order valence-electron chi connectivity index (χ0n) is 12.2. The molecule has 0 radical (unpaired) electrons. The van der Waals surface area contributed by atoms with E-state index in [9.17, 15) is 0 Å². The van der Waals surface area contributed by atoms with E-state index in [1.165, 1.54) is 16.8 Å². The van der Waals surface area contributed by atoms with Gasteiger partial charge in [-0.2, -0.15) is 16.4 Å². The van der Waals surface area contributed by atoms with Crippen molar-refractivity contribution in [2.24, 2.45) is 7.05 Å². The Morgan fingerprint density at radius 3 is 2.74 bits per heavy atom. The predicted molar refractivity (Wildman–Crippen MR) is 81.7 cm³/mol. The fourth-order valence-electron chi connectivity index (χ4n) is 2.53. The van der Waals surface area contributed by atoms with E-state index in [0.29, 0.717) is 6.04 Å². The molecule has 0 saturated carbocycles. The number of hydrogen-bond donors (Lipinski definition) is 1. The average Bonchev–Trinajstić information content (AvgIpc) is 2.95. The zero-order valence-corrected chi connectivity index (χ0v) is 13.0. The first-order valence-electron chi connectivity index (χ1n) is 6.88. The molecule has 0 bridgehead atoms. The fraction of sp³-hybridized carbons (Fsp3) is 0.533. The molecule has 2 heterocycles. The summed E-state index contributed by atoms with van der Waals surface area (Å²) in [6.07, 6.45) is 2.19. The molecule has 3 nitrogen and oxygen atoms in total. The Labute approximate surface area is 119 Å². The minimum absolute atomic E-state index is 0.364. The minimum atomic E-state index is 0.364. The topological polar surface area (TPSA) is 29.9 Å². The van der Waals surface area contributed by atoms with E-state index in [2.05, 4.69) is 48.0 Å². The summed E-state index contributed by atoms with van der Waals surface area (Å²) in [5, 5.41) is 12.6. The lowest BCUT2D eigenvalue weighted by Crippen LogP contribution is -2.25. The summed E-state index contributed by atoms with van der Waals surface area (Å²) in [5.41, 5.74) is 5.17. The molecule has 1 atom stereocenters. The van der Waals surface area contributed by atoms with Crippen LogP contribution in [0.5, 0.6) is 0 Å². The highest BCUT2D eigenvalue weighted by molar-refractivity contribution is 7.07. The summed E-state index contributed by atoms with van der Waals surface area (Å²) in [7, 11) is 2.02. The Morgan fingerprint density at radius 2 is 2.21 bits per heavy atom. The maximum atomic E-state index is 4.55. The van der Waals surface area contributed by atoms with Gasteiger partial charge in [-0.05, 0) is 55.6 Å². The third-order valence-corrected chi connectivity index (χ3v) is 4.31. The van der Waals surface area contributed by atoms with Crippen molar-refractivity contribution in [2.75, 3.05) is 6.54 Å². The van der Waals surface area contributed by atoms with E-state index in [4.69, 9.17) is 0 Å². The average molecular weight is 277 g/mol. The number of rotatable bonds is 6. The van der Waals surface area contributed by atoms with E-state index in [0.717, 1.165) is 25.1 Å². The van der Waals surface area contributed by atoms with Gasteiger partial charge in [-0.25, -0.2) is 0 Å². The maximum Gasteiger partial charge on any atom is 0.0644 e. The summed E-state index contributed by atoms with van der Waals surface area (Å²) in [6.45, 7) is 7.51. The molecule has 19 heavy (non-hydrogen) atoms. The molecule has 0 aliphatic heterocycles. The number of nitrogens with one attached hydrogen (secondary N) is 1. The van der Waals surface area contributed by atoms with Crippen LogP contribution in [0, 0.1) is 13.8 Å². The van der Waals surface area contributed by atoms with Gasteiger partial charge in [-0.15, -0.1) is 0 Å². The van der Waals surface area contributed by atoms with Crippen LogP contribution in [0.25, 0.3) is 0 Å². The summed E-state index contributed by atoms with van der Waals surface area (Å²) < 4.78 is 1.99. The third-order valence-electron chi connectivity index (χ3n) is 3.57. The molecule has 0 saturated heterocycles. The van der Waals surface area contributed by atoms with Gasteiger partial charge >= 0.3 is 0 Å². The number of hydrogen-bond acceptors (Lipinski definition) is 3. The van der Waals surface area contributed by atoms with Gasteiger partial charge in [0.05, 0.1) is 5.69 Å². The molecule has 104 valence electrons. The van der Waals surface area contributed by atoms with Crippen LogP contribution in [-0.4, -0.2) is 16.3 Å². The van der Waals surface area contributed by atoms with Gasteiger partial charge in [0.25, 0.3) is 0 Å². The molecule has 0 spiro atoms. The number of aryl methyl sites for hydroxylation is 2. The molecule has 2 rings (SSSR count). The Balaban J connectivity index is 2.25. The van der Waals surface area contributed by atoms with Crippen molar-refractivity contribution >= 4 is 11.3 Å². The van der Waals surface area contributed by atoms with Crippen molar-refractivity contribution in [2.45, 2.75) is 39.7 Å². The van der Waals surface area contributed by atoms with Crippen molar-refractivity contribution < 1.29 is 0 Å². The van der Waals surface area contributed by atoms with Crippen LogP contribution < -0.4 is 5.32 Å². The molecular weight excluding hydrogens is 254 g/mol. The summed E-state index contributed by atoms with van der Waals surface area (Å²) >= 11 is 1.77. The Hall–Kier alpha value is -1.13.